The second-order valence-electron chi connectivity index (χ2n) is 4.62. The number of carbonyl (C=O) groups excluding carboxylic acids is 1. The third-order valence-corrected chi connectivity index (χ3v) is 4.98. The van der Waals surface area contributed by atoms with Crippen molar-refractivity contribution in [2.75, 3.05) is 0 Å². The standard InChI is InChI=1S/C15H13Cl2NO3S/c16-12-6-8-13(9-7-12)22(20,21)18-14(15(17)19)10-11-4-2-1-3-5-11/h1-9,14,18H,10H2/t14-/m0/s1. The summed E-state index contributed by atoms with van der Waals surface area (Å²) in [7, 11) is -3.86. The van der Waals surface area contributed by atoms with Crippen molar-refractivity contribution in [3.05, 3.63) is 65.2 Å². The lowest BCUT2D eigenvalue weighted by Crippen LogP contribution is -2.40. The predicted molar refractivity (Wildman–Crippen MR) is 86.6 cm³/mol. The Morgan fingerprint density at radius 3 is 2.18 bits per heavy atom. The summed E-state index contributed by atoms with van der Waals surface area (Å²) in [6.45, 7) is 0. The zero-order valence-corrected chi connectivity index (χ0v) is 13.7. The van der Waals surface area contributed by atoms with Crippen LogP contribution in [0.4, 0.5) is 0 Å². The average Bonchev–Trinajstić information content (AvgIpc) is 2.48. The highest BCUT2D eigenvalue weighted by Gasteiger charge is 2.24. The molecule has 0 aromatic heterocycles. The largest absolute Gasteiger partial charge is 0.279 e. The molecule has 0 saturated heterocycles. The van der Waals surface area contributed by atoms with Crippen molar-refractivity contribution >= 4 is 38.5 Å². The molecule has 0 saturated carbocycles. The summed E-state index contributed by atoms with van der Waals surface area (Å²) < 4.78 is 26.9. The van der Waals surface area contributed by atoms with Crippen LogP contribution in [-0.2, 0) is 21.2 Å². The Hall–Kier alpha value is -1.40. The monoisotopic (exact) mass is 357 g/mol. The van der Waals surface area contributed by atoms with Crippen molar-refractivity contribution in [1.82, 2.24) is 4.72 Å². The minimum Gasteiger partial charge on any atom is -0.279 e. The van der Waals surface area contributed by atoms with Crippen molar-refractivity contribution in [3.63, 3.8) is 0 Å². The summed E-state index contributed by atoms with van der Waals surface area (Å²) in [5.74, 6) is 0. The fourth-order valence-corrected chi connectivity index (χ4v) is 3.40. The number of halogens is 2. The van der Waals surface area contributed by atoms with Crippen LogP contribution in [0.3, 0.4) is 0 Å². The van der Waals surface area contributed by atoms with Gasteiger partial charge in [-0.2, -0.15) is 4.72 Å². The number of benzene rings is 2. The van der Waals surface area contributed by atoms with Crippen molar-refractivity contribution in [2.24, 2.45) is 0 Å². The maximum Gasteiger partial charge on any atom is 0.241 e. The van der Waals surface area contributed by atoms with Crippen molar-refractivity contribution in [1.29, 1.82) is 0 Å². The van der Waals surface area contributed by atoms with Crippen molar-refractivity contribution in [3.8, 4) is 0 Å². The third kappa shape index (κ3) is 4.55. The molecule has 0 heterocycles. The molecule has 0 aliphatic rings. The molecule has 1 N–H and O–H groups in total. The number of nitrogens with one attached hydrogen (secondary N) is 1. The summed E-state index contributed by atoms with van der Waals surface area (Å²) >= 11 is 11.3. The highest BCUT2D eigenvalue weighted by Crippen LogP contribution is 2.15. The number of carbonyl (C=O) groups is 1. The molecular formula is C15H13Cl2NO3S. The molecule has 4 nitrogen and oxygen atoms in total. The summed E-state index contributed by atoms with van der Waals surface area (Å²) in [6, 6.07) is 13.6. The van der Waals surface area contributed by atoms with Crippen LogP contribution in [0, 0.1) is 0 Å². The van der Waals surface area contributed by atoms with Gasteiger partial charge in [-0.1, -0.05) is 41.9 Å². The van der Waals surface area contributed by atoms with E-state index in [0.717, 1.165) is 5.56 Å². The van der Waals surface area contributed by atoms with Crippen LogP contribution >= 0.6 is 23.2 Å². The van der Waals surface area contributed by atoms with Gasteiger partial charge >= 0.3 is 0 Å². The Balaban J connectivity index is 2.20. The molecule has 0 radical (unpaired) electrons. The van der Waals surface area contributed by atoms with Gasteiger partial charge in [-0.3, -0.25) is 4.79 Å². The zero-order valence-electron chi connectivity index (χ0n) is 11.4. The lowest BCUT2D eigenvalue weighted by molar-refractivity contribution is -0.113. The lowest BCUT2D eigenvalue weighted by atomic mass is 10.1. The van der Waals surface area contributed by atoms with Crippen LogP contribution in [0.2, 0.25) is 5.02 Å². The smallest absolute Gasteiger partial charge is 0.241 e. The van der Waals surface area contributed by atoms with Gasteiger partial charge in [0.25, 0.3) is 0 Å². The Bertz CT molecular complexity index is 746. The van der Waals surface area contributed by atoms with Crippen LogP contribution in [0.1, 0.15) is 5.56 Å². The minimum absolute atomic E-state index is 0.0212. The van der Waals surface area contributed by atoms with Gasteiger partial charge in [-0.15, -0.1) is 0 Å². The molecule has 0 spiro atoms. The van der Waals surface area contributed by atoms with E-state index in [-0.39, 0.29) is 11.3 Å². The Morgan fingerprint density at radius 1 is 1.05 bits per heavy atom. The van der Waals surface area contributed by atoms with Gasteiger partial charge in [0, 0.05) is 5.02 Å². The van der Waals surface area contributed by atoms with E-state index in [1.807, 2.05) is 6.07 Å². The summed E-state index contributed by atoms with van der Waals surface area (Å²) in [5.41, 5.74) is 0.806. The van der Waals surface area contributed by atoms with Crippen LogP contribution in [0.25, 0.3) is 0 Å². The van der Waals surface area contributed by atoms with Crippen LogP contribution < -0.4 is 4.72 Å². The quantitative estimate of drug-likeness (QED) is 0.808. The van der Waals surface area contributed by atoms with Gasteiger partial charge in [0.15, 0.2) is 0 Å². The number of rotatable bonds is 6. The summed E-state index contributed by atoms with van der Waals surface area (Å²) in [5, 5.41) is -0.338. The lowest BCUT2D eigenvalue weighted by Gasteiger charge is -2.15. The fraction of sp³-hybridized carbons (Fsp3) is 0.133. The van der Waals surface area contributed by atoms with Gasteiger partial charge in [-0.05, 0) is 47.9 Å². The maximum atomic E-state index is 12.3. The van der Waals surface area contributed by atoms with E-state index in [2.05, 4.69) is 4.72 Å². The molecule has 0 aliphatic carbocycles. The minimum atomic E-state index is -3.86. The number of hydrogen-bond acceptors (Lipinski definition) is 3. The van der Waals surface area contributed by atoms with E-state index in [1.165, 1.54) is 24.3 Å². The van der Waals surface area contributed by atoms with Gasteiger partial charge < -0.3 is 0 Å². The first-order chi connectivity index (χ1) is 10.4. The van der Waals surface area contributed by atoms with Crippen molar-refractivity contribution in [2.45, 2.75) is 17.4 Å². The maximum absolute atomic E-state index is 12.3. The van der Waals surface area contributed by atoms with Gasteiger partial charge in [-0.25, -0.2) is 8.42 Å². The predicted octanol–water partition coefficient (Wildman–Crippen LogP) is 3.00. The molecule has 2 aromatic carbocycles. The van der Waals surface area contributed by atoms with Crippen LogP contribution in [0.15, 0.2) is 59.5 Å². The van der Waals surface area contributed by atoms with Crippen LogP contribution in [-0.4, -0.2) is 19.7 Å². The fourth-order valence-electron chi connectivity index (χ4n) is 1.89. The number of hydrogen-bond donors (Lipinski definition) is 1. The first kappa shape index (κ1) is 17.0. The number of sulfonamides is 1. The summed E-state index contributed by atoms with van der Waals surface area (Å²) in [6.07, 6.45) is 0.177. The van der Waals surface area contributed by atoms with Crippen molar-refractivity contribution < 1.29 is 13.2 Å². The third-order valence-electron chi connectivity index (χ3n) is 2.98. The first-order valence-electron chi connectivity index (χ1n) is 6.39. The highest BCUT2D eigenvalue weighted by molar-refractivity contribution is 7.89. The van der Waals surface area contributed by atoms with E-state index in [4.69, 9.17) is 23.2 Å². The van der Waals surface area contributed by atoms with Gasteiger partial charge in [0.2, 0.25) is 15.3 Å². The van der Waals surface area contributed by atoms with Crippen LogP contribution in [0.5, 0.6) is 0 Å². The topological polar surface area (TPSA) is 63.2 Å². The molecule has 0 fully saturated rings. The molecule has 2 rings (SSSR count). The average molecular weight is 358 g/mol. The molecule has 22 heavy (non-hydrogen) atoms. The Labute approximate surface area is 139 Å². The van der Waals surface area contributed by atoms with E-state index in [0.29, 0.717) is 5.02 Å². The molecule has 1 atom stereocenters. The van der Waals surface area contributed by atoms with E-state index < -0.39 is 21.3 Å². The molecule has 0 amide bonds. The second kappa shape index (κ2) is 7.24. The normalized spacial score (nSPS) is 12.8. The second-order valence-corrected chi connectivity index (χ2v) is 7.14. The molecule has 2 aromatic rings. The SMILES string of the molecule is O=C(Cl)[C@H](Cc1ccccc1)NS(=O)(=O)c1ccc(Cl)cc1. The Kier molecular flexibility index (Phi) is 5.58. The molecule has 0 aliphatic heterocycles. The molecular weight excluding hydrogens is 345 g/mol. The van der Waals surface area contributed by atoms with E-state index in [9.17, 15) is 13.2 Å². The zero-order chi connectivity index (χ0) is 16.2. The van der Waals surface area contributed by atoms with E-state index >= 15 is 0 Å². The first-order valence-corrected chi connectivity index (χ1v) is 8.63. The molecule has 0 unspecified atom stereocenters. The highest BCUT2D eigenvalue weighted by atomic mass is 35.5. The van der Waals surface area contributed by atoms with Gasteiger partial charge in [0.1, 0.15) is 0 Å². The molecule has 7 heteroatoms. The Morgan fingerprint density at radius 2 is 1.64 bits per heavy atom. The van der Waals surface area contributed by atoms with E-state index in [1.54, 1.807) is 24.3 Å². The molecule has 116 valence electrons. The summed E-state index contributed by atoms with van der Waals surface area (Å²) in [4.78, 5) is 11.5. The van der Waals surface area contributed by atoms with Gasteiger partial charge in [0.05, 0.1) is 10.9 Å². The molecule has 0 bridgehead atoms.